The van der Waals surface area contributed by atoms with Crippen LogP contribution >= 0.6 is 0 Å². The van der Waals surface area contributed by atoms with Crippen LogP contribution in [0.3, 0.4) is 0 Å². The molecule has 3 heteroatoms. The third kappa shape index (κ3) is 4.15. The molecule has 0 aliphatic carbocycles. The van der Waals surface area contributed by atoms with Gasteiger partial charge in [0.05, 0.1) is 5.92 Å². The van der Waals surface area contributed by atoms with Crippen LogP contribution in [0.1, 0.15) is 19.8 Å². The zero-order valence-electron chi connectivity index (χ0n) is 6.46. The molecule has 0 aromatic heterocycles. The number of primary amides is 1. The van der Waals surface area contributed by atoms with Crippen LogP contribution in [-0.4, -0.2) is 11.7 Å². The fourth-order valence-electron chi connectivity index (χ4n) is 0.691. The molecule has 0 aliphatic rings. The molecule has 0 aromatic carbocycles. The summed E-state index contributed by atoms with van der Waals surface area (Å²) in [5.41, 5.74) is 4.88. The summed E-state index contributed by atoms with van der Waals surface area (Å²) in [6, 6.07) is 0. The Hall–Kier alpha value is -1.30. The van der Waals surface area contributed by atoms with Crippen LogP contribution < -0.4 is 5.73 Å². The average molecular weight is 153 g/mol. The number of hydrogen-bond donors (Lipinski definition) is 1. The van der Waals surface area contributed by atoms with Crippen LogP contribution in [0.4, 0.5) is 0 Å². The Morgan fingerprint density at radius 2 is 2.18 bits per heavy atom. The highest BCUT2D eigenvalue weighted by atomic mass is 16.1. The van der Waals surface area contributed by atoms with Crippen molar-refractivity contribution in [2.45, 2.75) is 19.8 Å². The summed E-state index contributed by atoms with van der Waals surface area (Å²) in [5.74, 6) is 1.33. The number of rotatable bonds is 4. The van der Waals surface area contributed by atoms with Crippen molar-refractivity contribution in [3.05, 3.63) is 0 Å². The molecule has 0 radical (unpaired) electrons. The maximum Gasteiger partial charge on any atom is 0.217 e. The molecule has 0 fully saturated rings. The normalized spacial score (nSPS) is 11.6. The SMILES string of the molecule is C#CC(CCC(N)=O)C(C)=O. The maximum absolute atomic E-state index is 10.7. The fourth-order valence-corrected chi connectivity index (χ4v) is 0.691. The molecule has 1 unspecified atom stereocenters. The van der Waals surface area contributed by atoms with Crippen LogP contribution in [0, 0.1) is 18.3 Å². The maximum atomic E-state index is 10.7. The van der Waals surface area contributed by atoms with Crippen molar-refractivity contribution in [3.8, 4) is 12.3 Å². The minimum atomic E-state index is -0.456. The Morgan fingerprint density at radius 3 is 2.45 bits per heavy atom. The summed E-state index contributed by atoms with van der Waals surface area (Å²) in [6.45, 7) is 1.41. The Kier molecular flexibility index (Phi) is 3.97. The molecule has 0 aliphatic heterocycles. The quantitative estimate of drug-likeness (QED) is 0.582. The van der Waals surface area contributed by atoms with Gasteiger partial charge in [0.15, 0.2) is 0 Å². The smallest absolute Gasteiger partial charge is 0.217 e. The lowest BCUT2D eigenvalue weighted by Crippen LogP contribution is -2.15. The van der Waals surface area contributed by atoms with Crippen molar-refractivity contribution in [2.24, 2.45) is 11.7 Å². The number of terminal acetylenes is 1. The lowest BCUT2D eigenvalue weighted by molar-refractivity contribution is -0.120. The number of hydrogen-bond acceptors (Lipinski definition) is 2. The zero-order chi connectivity index (χ0) is 8.85. The first kappa shape index (κ1) is 9.70. The Labute approximate surface area is 66.0 Å². The Morgan fingerprint density at radius 1 is 1.64 bits per heavy atom. The van der Waals surface area contributed by atoms with Gasteiger partial charge in [-0.2, -0.15) is 0 Å². The van der Waals surface area contributed by atoms with Crippen LogP contribution in [-0.2, 0) is 9.59 Å². The molecule has 0 heterocycles. The molecule has 2 N–H and O–H groups in total. The van der Waals surface area contributed by atoms with Gasteiger partial charge in [-0.1, -0.05) is 5.92 Å². The van der Waals surface area contributed by atoms with E-state index in [9.17, 15) is 9.59 Å². The van der Waals surface area contributed by atoms with Crippen LogP contribution in [0.5, 0.6) is 0 Å². The molecule has 0 bridgehead atoms. The zero-order valence-corrected chi connectivity index (χ0v) is 6.46. The van der Waals surface area contributed by atoms with Gasteiger partial charge in [-0.05, 0) is 13.3 Å². The predicted molar refractivity (Wildman–Crippen MR) is 41.4 cm³/mol. The molecule has 11 heavy (non-hydrogen) atoms. The summed E-state index contributed by atoms with van der Waals surface area (Å²) in [5, 5.41) is 0. The van der Waals surface area contributed by atoms with Crippen molar-refractivity contribution in [2.75, 3.05) is 0 Å². The van der Waals surface area contributed by atoms with Gasteiger partial charge in [-0.15, -0.1) is 6.42 Å². The number of nitrogens with two attached hydrogens (primary N) is 1. The van der Waals surface area contributed by atoms with Crippen molar-refractivity contribution in [1.82, 2.24) is 0 Å². The molecular formula is C8H11NO2. The summed E-state index contributed by atoms with van der Waals surface area (Å²) in [4.78, 5) is 21.0. The van der Waals surface area contributed by atoms with Gasteiger partial charge >= 0.3 is 0 Å². The minimum absolute atomic E-state index is 0.0891. The number of carbonyl (C=O) groups is 2. The summed E-state index contributed by atoms with van der Waals surface area (Å²) < 4.78 is 0. The van der Waals surface area contributed by atoms with E-state index in [0.29, 0.717) is 6.42 Å². The molecule has 0 saturated carbocycles. The van der Waals surface area contributed by atoms with Crippen molar-refractivity contribution in [1.29, 1.82) is 0 Å². The van der Waals surface area contributed by atoms with E-state index < -0.39 is 11.8 Å². The molecule has 0 saturated heterocycles. The van der Waals surface area contributed by atoms with Crippen molar-refractivity contribution in [3.63, 3.8) is 0 Å². The third-order valence-corrected chi connectivity index (χ3v) is 1.37. The topological polar surface area (TPSA) is 60.2 Å². The molecule has 3 nitrogen and oxygen atoms in total. The van der Waals surface area contributed by atoms with E-state index in [0.717, 1.165) is 0 Å². The first-order valence-electron chi connectivity index (χ1n) is 3.32. The lowest BCUT2D eigenvalue weighted by Gasteiger charge is -2.02. The highest BCUT2D eigenvalue weighted by Gasteiger charge is 2.10. The van der Waals surface area contributed by atoms with E-state index in [1.807, 2.05) is 0 Å². The molecule has 0 aromatic rings. The monoisotopic (exact) mass is 153 g/mol. The third-order valence-electron chi connectivity index (χ3n) is 1.37. The predicted octanol–water partition coefficient (Wildman–Crippen LogP) is 0.0903. The first-order valence-corrected chi connectivity index (χ1v) is 3.32. The van der Waals surface area contributed by atoms with E-state index in [-0.39, 0.29) is 12.2 Å². The minimum Gasteiger partial charge on any atom is -0.370 e. The van der Waals surface area contributed by atoms with Crippen molar-refractivity contribution < 1.29 is 9.59 Å². The Bertz CT molecular complexity index is 203. The number of amides is 1. The van der Waals surface area contributed by atoms with Crippen LogP contribution in [0.15, 0.2) is 0 Å². The van der Waals surface area contributed by atoms with E-state index in [4.69, 9.17) is 12.2 Å². The second-order valence-electron chi connectivity index (χ2n) is 2.33. The molecule has 60 valence electrons. The molecule has 1 amide bonds. The van der Waals surface area contributed by atoms with E-state index in [1.165, 1.54) is 6.92 Å². The van der Waals surface area contributed by atoms with Gasteiger partial charge in [-0.3, -0.25) is 9.59 Å². The molecular weight excluding hydrogens is 142 g/mol. The van der Waals surface area contributed by atoms with Gasteiger partial charge in [0.2, 0.25) is 5.91 Å². The summed E-state index contributed by atoms with van der Waals surface area (Å²) in [7, 11) is 0. The lowest BCUT2D eigenvalue weighted by atomic mass is 10.0. The number of ketones is 1. The van der Waals surface area contributed by atoms with Gasteiger partial charge in [0.25, 0.3) is 0 Å². The molecule has 0 spiro atoms. The van der Waals surface area contributed by atoms with E-state index >= 15 is 0 Å². The van der Waals surface area contributed by atoms with Gasteiger partial charge in [-0.25, -0.2) is 0 Å². The van der Waals surface area contributed by atoms with Gasteiger partial charge in [0, 0.05) is 6.42 Å². The van der Waals surface area contributed by atoms with Gasteiger partial charge < -0.3 is 5.73 Å². The van der Waals surface area contributed by atoms with E-state index in [2.05, 4.69) is 5.92 Å². The van der Waals surface area contributed by atoms with Crippen LogP contribution in [0.2, 0.25) is 0 Å². The largest absolute Gasteiger partial charge is 0.370 e. The average Bonchev–Trinajstić information content (AvgIpc) is 1.87. The van der Waals surface area contributed by atoms with Crippen molar-refractivity contribution >= 4 is 11.7 Å². The molecule has 0 rings (SSSR count). The molecule has 1 atom stereocenters. The Balaban J connectivity index is 3.82. The summed E-state index contributed by atoms with van der Waals surface area (Å²) in [6.07, 6.45) is 5.57. The number of Topliss-reactive ketones (excluding diaryl/α,β-unsaturated/α-hetero) is 1. The first-order chi connectivity index (χ1) is 5.07. The standard InChI is InChI=1S/C8H11NO2/c1-3-7(6(2)10)4-5-8(9)11/h1,7H,4-5H2,2H3,(H2,9,11). The highest BCUT2D eigenvalue weighted by molar-refractivity contribution is 5.82. The summed E-state index contributed by atoms with van der Waals surface area (Å²) >= 11 is 0. The van der Waals surface area contributed by atoms with Crippen LogP contribution in [0.25, 0.3) is 0 Å². The highest BCUT2D eigenvalue weighted by Crippen LogP contribution is 2.05. The van der Waals surface area contributed by atoms with E-state index in [1.54, 1.807) is 0 Å². The fraction of sp³-hybridized carbons (Fsp3) is 0.500. The van der Waals surface area contributed by atoms with Gasteiger partial charge in [0.1, 0.15) is 5.78 Å². The number of carbonyl (C=O) groups excluding carboxylic acids is 2. The second-order valence-corrected chi connectivity index (χ2v) is 2.33. The second kappa shape index (κ2) is 4.51.